The molecular weight excluding hydrogens is 332 g/mol. The number of nitrogens with one attached hydrogen (secondary N) is 1. The first-order valence-corrected chi connectivity index (χ1v) is 7.45. The van der Waals surface area contributed by atoms with Crippen LogP contribution in [0.5, 0.6) is 0 Å². The second kappa shape index (κ2) is 6.26. The number of anilines is 1. The van der Waals surface area contributed by atoms with Gasteiger partial charge in [-0.2, -0.15) is 0 Å². The van der Waals surface area contributed by atoms with E-state index < -0.39 is 0 Å². The van der Waals surface area contributed by atoms with Gasteiger partial charge < -0.3 is 5.32 Å². The lowest BCUT2D eigenvalue weighted by Gasteiger charge is -2.18. The van der Waals surface area contributed by atoms with Crippen molar-refractivity contribution in [2.24, 2.45) is 0 Å². The van der Waals surface area contributed by atoms with E-state index >= 15 is 0 Å². The Kier molecular flexibility index (Phi) is 4.63. The zero-order chi connectivity index (χ0) is 15.6. The van der Waals surface area contributed by atoms with Gasteiger partial charge in [0.15, 0.2) is 0 Å². The summed E-state index contributed by atoms with van der Waals surface area (Å²) in [7, 11) is 0. The van der Waals surface area contributed by atoms with Crippen molar-refractivity contribution >= 4 is 27.3 Å². The summed E-state index contributed by atoms with van der Waals surface area (Å²) in [4.78, 5) is 10.7. The van der Waals surface area contributed by atoms with Crippen LogP contribution >= 0.6 is 15.9 Å². The van der Waals surface area contributed by atoms with Gasteiger partial charge in [0.05, 0.1) is 4.92 Å². The Bertz CT molecular complexity index is 686. The number of rotatable bonds is 4. The Hall–Kier alpha value is -1.88. The van der Waals surface area contributed by atoms with Crippen LogP contribution in [0.4, 0.5) is 11.4 Å². The lowest BCUT2D eigenvalue weighted by Crippen LogP contribution is -2.08. The molecule has 0 aliphatic rings. The summed E-state index contributed by atoms with van der Waals surface area (Å²) in [6, 6.07) is 11.4. The number of benzene rings is 2. The Morgan fingerprint density at radius 3 is 2.48 bits per heavy atom. The van der Waals surface area contributed by atoms with E-state index in [1.54, 1.807) is 19.1 Å². The molecule has 2 rings (SSSR count). The number of nitro benzene ring substituents is 1. The minimum atomic E-state index is -0.337. The number of nitrogens with zero attached hydrogens (tertiary/aromatic N) is 1. The Morgan fingerprint density at radius 1 is 1.14 bits per heavy atom. The highest BCUT2D eigenvalue weighted by Gasteiger charge is 2.14. The van der Waals surface area contributed by atoms with E-state index in [-0.39, 0.29) is 16.7 Å². The van der Waals surface area contributed by atoms with E-state index in [9.17, 15) is 10.1 Å². The summed E-state index contributed by atoms with van der Waals surface area (Å²) in [6.07, 6.45) is 0. The van der Waals surface area contributed by atoms with Crippen LogP contribution in [-0.2, 0) is 0 Å². The second-order valence-corrected chi connectivity index (χ2v) is 6.04. The van der Waals surface area contributed by atoms with Gasteiger partial charge in [-0.15, -0.1) is 0 Å². The summed E-state index contributed by atoms with van der Waals surface area (Å²) < 4.78 is 1.03. The lowest BCUT2D eigenvalue weighted by atomic mass is 10.0. The van der Waals surface area contributed by atoms with Crippen molar-refractivity contribution in [3.63, 3.8) is 0 Å². The van der Waals surface area contributed by atoms with Crippen LogP contribution in [-0.4, -0.2) is 4.92 Å². The molecule has 1 atom stereocenters. The third kappa shape index (κ3) is 3.61. The third-order valence-electron chi connectivity index (χ3n) is 3.49. The highest BCUT2D eigenvalue weighted by atomic mass is 79.9. The summed E-state index contributed by atoms with van der Waals surface area (Å²) in [6.45, 7) is 5.77. The molecule has 0 saturated carbocycles. The average molecular weight is 349 g/mol. The summed E-state index contributed by atoms with van der Waals surface area (Å²) in [5.41, 5.74) is 3.88. The van der Waals surface area contributed by atoms with Gasteiger partial charge in [-0.25, -0.2) is 0 Å². The molecule has 4 nitrogen and oxygen atoms in total. The smallest absolute Gasteiger partial charge is 0.272 e. The van der Waals surface area contributed by atoms with E-state index in [2.05, 4.69) is 21.2 Å². The van der Waals surface area contributed by atoms with Gasteiger partial charge in [-0.3, -0.25) is 10.1 Å². The zero-order valence-electron chi connectivity index (χ0n) is 12.2. The molecule has 21 heavy (non-hydrogen) atoms. The van der Waals surface area contributed by atoms with Crippen LogP contribution in [0.1, 0.15) is 29.7 Å². The molecule has 0 radical (unpaired) electrons. The van der Waals surface area contributed by atoms with E-state index in [0.717, 1.165) is 21.3 Å². The highest BCUT2D eigenvalue weighted by Crippen LogP contribution is 2.27. The molecule has 5 heteroatoms. The van der Waals surface area contributed by atoms with Gasteiger partial charge in [0.1, 0.15) is 0 Å². The van der Waals surface area contributed by atoms with Crippen molar-refractivity contribution in [2.45, 2.75) is 26.8 Å². The predicted molar refractivity (Wildman–Crippen MR) is 88.8 cm³/mol. The fraction of sp³-hybridized carbons (Fsp3) is 0.250. The first-order valence-electron chi connectivity index (χ1n) is 6.66. The van der Waals surface area contributed by atoms with Crippen molar-refractivity contribution in [3.05, 3.63) is 67.7 Å². The molecule has 0 aliphatic heterocycles. The summed E-state index contributed by atoms with van der Waals surface area (Å²) in [5.74, 6) is 0. The van der Waals surface area contributed by atoms with Crippen LogP contribution < -0.4 is 5.32 Å². The normalized spacial score (nSPS) is 12.0. The van der Waals surface area contributed by atoms with Crippen molar-refractivity contribution in [2.75, 3.05) is 5.32 Å². The zero-order valence-corrected chi connectivity index (χ0v) is 13.8. The molecule has 2 aromatic rings. The van der Waals surface area contributed by atoms with Gasteiger partial charge in [0, 0.05) is 27.8 Å². The van der Waals surface area contributed by atoms with Gasteiger partial charge in [-0.1, -0.05) is 28.1 Å². The third-order valence-corrected chi connectivity index (χ3v) is 3.98. The van der Waals surface area contributed by atoms with Gasteiger partial charge in [-0.05, 0) is 50.1 Å². The molecule has 0 heterocycles. The van der Waals surface area contributed by atoms with Gasteiger partial charge >= 0.3 is 0 Å². The minimum Gasteiger partial charge on any atom is -0.378 e. The maximum absolute atomic E-state index is 11.0. The molecule has 1 unspecified atom stereocenters. The molecule has 0 bridgehead atoms. The molecule has 110 valence electrons. The maximum Gasteiger partial charge on any atom is 0.272 e. The Balaban J connectivity index is 2.26. The first-order chi connectivity index (χ1) is 9.88. The van der Waals surface area contributed by atoms with E-state index in [1.165, 1.54) is 0 Å². The average Bonchev–Trinajstić information content (AvgIpc) is 2.42. The number of halogens is 1. The van der Waals surface area contributed by atoms with Crippen molar-refractivity contribution < 1.29 is 4.92 Å². The fourth-order valence-electron chi connectivity index (χ4n) is 2.20. The molecule has 0 spiro atoms. The minimum absolute atomic E-state index is 0.0100. The van der Waals surface area contributed by atoms with E-state index in [0.29, 0.717) is 5.56 Å². The molecule has 0 fully saturated rings. The maximum atomic E-state index is 11.0. The molecule has 0 amide bonds. The second-order valence-electron chi connectivity index (χ2n) is 5.13. The van der Waals surface area contributed by atoms with Crippen LogP contribution in [0.2, 0.25) is 0 Å². The summed E-state index contributed by atoms with van der Waals surface area (Å²) >= 11 is 3.44. The first kappa shape index (κ1) is 15.5. The Morgan fingerprint density at radius 2 is 1.86 bits per heavy atom. The van der Waals surface area contributed by atoms with Gasteiger partial charge in [0.2, 0.25) is 0 Å². The number of nitro groups is 1. The van der Waals surface area contributed by atoms with E-state index in [1.807, 2.05) is 38.1 Å². The van der Waals surface area contributed by atoms with E-state index in [4.69, 9.17) is 0 Å². The SMILES string of the molecule is Cc1cc(Br)ccc1NC(C)c1ccc(C)c([N+](=O)[O-])c1. The largest absolute Gasteiger partial charge is 0.378 e. The standard InChI is InChI=1S/C16H17BrN2O2/c1-10-4-5-13(9-16(10)19(20)21)12(3)18-15-7-6-14(17)8-11(15)2/h4-9,12,18H,1-3H3. The van der Waals surface area contributed by atoms with Gasteiger partial charge in [0.25, 0.3) is 5.69 Å². The fourth-order valence-corrected chi connectivity index (χ4v) is 2.67. The molecule has 0 saturated heterocycles. The number of aryl methyl sites for hydroxylation is 2. The van der Waals surface area contributed by atoms with Crippen molar-refractivity contribution in [3.8, 4) is 0 Å². The van der Waals surface area contributed by atoms with Crippen LogP contribution in [0.15, 0.2) is 40.9 Å². The lowest BCUT2D eigenvalue weighted by molar-refractivity contribution is -0.385. The van der Waals surface area contributed by atoms with Crippen LogP contribution in [0, 0.1) is 24.0 Å². The highest BCUT2D eigenvalue weighted by molar-refractivity contribution is 9.10. The molecule has 0 aliphatic carbocycles. The molecule has 1 N–H and O–H groups in total. The molecule has 0 aromatic heterocycles. The van der Waals surface area contributed by atoms with Crippen LogP contribution in [0.25, 0.3) is 0 Å². The monoisotopic (exact) mass is 348 g/mol. The number of hydrogen-bond donors (Lipinski definition) is 1. The Labute approximate surface area is 132 Å². The summed E-state index contributed by atoms with van der Waals surface area (Å²) in [5, 5.41) is 14.4. The number of hydrogen-bond acceptors (Lipinski definition) is 3. The van der Waals surface area contributed by atoms with Crippen molar-refractivity contribution in [1.82, 2.24) is 0 Å². The predicted octanol–water partition coefficient (Wildman–Crippen LogP) is 5.15. The molecule has 2 aromatic carbocycles. The quantitative estimate of drug-likeness (QED) is 0.614. The molecular formula is C16H17BrN2O2. The van der Waals surface area contributed by atoms with Crippen molar-refractivity contribution in [1.29, 1.82) is 0 Å². The topological polar surface area (TPSA) is 55.2 Å². The van der Waals surface area contributed by atoms with Crippen LogP contribution in [0.3, 0.4) is 0 Å².